The van der Waals surface area contributed by atoms with E-state index in [9.17, 15) is 9.59 Å². The predicted molar refractivity (Wildman–Crippen MR) is 142 cm³/mol. The lowest BCUT2D eigenvalue weighted by molar-refractivity contribution is 0.0371. The molecule has 2 aromatic carbocycles. The summed E-state index contributed by atoms with van der Waals surface area (Å²) in [5.41, 5.74) is 1.51. The number of nitrogens with zero attached hydrogens (tertiary/aromatic N) is 1. The van der Waals surface area contributed by atoms with E-state index >= 15 is 0 Å². The van der Waals surface area contributed by atoms with Crippen molar-refractivity contribution in [3.8, 4) is 0 Å². The number of morpholine rings is 2. The Balaban J connectivity index is 0.000000195. The summed E-state index contributed by atoms with van der Waals surface area (Å²) in [7, 11) is 0. The summed E-state index contributed by atoms with van der Waals surface area (Å²) in [5.74, 6) is 0.284. The van der Waals surface area contributed by atoms with Crippen LogP contribution in [0.25, 0.3) is 0 Å². The molecule has 2 aromatic rings. The Hall–Kier alpha value is -0.940. The number of Topliss-reactive ketones (excluding diaryl/α,β-unsaturated/α-hetero) is 2. The van der Waals surface area contributed by atoms with Gasteiger partial charge in [0.1, 0.15) is 0 Å². The fourth-order valence-electron chi connectivity index (χ4n) is 2.92. The second kappa shape index (κ2) is 16.6. The van der Waals surface area contributed by atoms with Crippen molar-refractivity contribution in [2.45, 2.75) is 0 Å². The van der Waals surface area contributed by atoms with Gasteiger partial charge >= 0.3 is 0 Å². The number of halogens is 3. The van der Waals surface area contributed by atoms with Gasteiger partial charge in [-0.15, -0.1) is 0 Å². The molecule has 2 heterocycles. The molecule has 180 valence electrons. The van der Waals surface area contributed by atoms with Crippen molar-refractivity contribution in [3.05, 3.63) is 68.6 Å². The van der Waals surface area contributed by atoms with Gasteiger partial charge in [0.25, 0.3) is 0 Å². The fraction of sp³-hybridized carbons (Fsp3) is 0.417. The second-order valence-electron chi connectivity index (χ2n) is 7.24. The third kappa shape index (κ3) is 11.8. The molecule has 0 aromatic heterocycles. The largest absolute Gasteiger partial charge is 0.379 e. The second-order valence-corrected chi connectivity index (χ2v) is 9.64. The van der Waals surface area contributed by atoms with Crippen LogP contribution < -0.4 is 5.32 Å². The van der Waals surface area contributed by atoms with Crippen molar-refractivity contribution in [1.82, 2.24) is 10.2 Å². The van der Waals surface area contributed by atoms with E-state index in [1.54, 1.807) is 12.1 Å². The standard InChI is InChI=1S/C12H14BrNO2.C8H6Br2O.C4H9NO/c13-11-3-1-10(2-4-11)12(15)9-14-5-7-16-8-6-14;9-5-8(11)6-1-3-7(10)4-2-6;1-3-6-4-2-5-1/h1-4H,5-9H2;1-4H,5H2;5H,1-4H2. The van der Waals surface area contributed by atoms with Gasteiger partial charge in [-0.25, -0.2) is 0 Å². The highest BCUT2D eigenvalue weighted by Crippen LogP contribution is 2.12. The first kappa shape index (κ1) is 28.3. The van der Waals surface area contributed by atoms with Crippen LogP contribution in [-0.2, 0) is 9.47 Å². The number of hydrogen-bond donors (Lipinski definition) is 1. The number of carbonyl (C=O) groups excluding carboxylic acids is 2. The monoisotopic (exact) mass is 646 g/mol. The summed E-state index contributed by atoms with van der Waals surface area (Å²) >= 11 is 9.76. The van der Waals surface area contributed by atoms with Gasteiger partial charge in [0, 0.05) is 46.3 Å². The van der Waals surface area contributed by atoms with Crippen molar-refractivity contribution >= 4 is 59.4 Å². The summed E-state index contributed by atoms with van der Waals surface area (Å²) in [6.45, 7) is 7.48. The average molecular weight is 649 g/mol. The van der Waals surface area contributed by atoms with E-state index in [2.05, 4.69) is 58.0 Å². The lowest BCUT2D eigenvalue weighted by atomic mass is 10.1. The quantitative estimate of drug-likeness (QED) is 0.378. The first-order valence-electron chi connectivity index (χ1n) is 10.7. The van der Waals surface area contributed by atoms with Gasteiger partial charge in [-0.05, 0) is 24.3 Å². The molecule has 2 aliphatic heterocycles. The van der Waals surface area contributed by atoms with Crippen LogP contribution in [0.3, 0.4) is 0 Å². The number of hydrogen-bond acceptors (Lipinski definition) is 6. The topological polar surface area (TPSA) is 67.9 Å². The highest BCUT2D eigenvalue weighted by Gasteiger charge is 2.15. The molecular weight excluding hydrogens is 620 g/mol. The van der Waals surface area contributed by atoms with Gasteiger partial charge in [-0.2, -0.15) is 0 Å². The molecule has 6 nitrogen and oxygen atoms in total. The lowest BCUT2D eigenvalue weighted by Gasteiger charge is -2.25. The third-order valence-corrected chi connectivity index (χ3v) is 6.34. The van der Waals surface area contributed by atoms with E-state index in [1.807, 2.05) is 36.4 Å². The van der Waals surface area contributed by atoms with Crippen LogP contribution in [-0.4, -0.2) is 80.9 Å². The first-order valence-corrected chi connectivity index (χ1v) is 13.4. The van der Waals surface area contributed by atoms with E-state index in [1.165, 1.54) is 0 Å². The molecule has 0 atom stereocenters. The number of carbonyl (C=O) groups is 2. The van der Waals surface area contributed by atoms with Crippen molar-refractivity contribution in [2.75, 3.05) is 64.5 Å². The molecule has 0 bridgehead atoms. The maximum absolute atomic E-state index is 11.9. The summed E-state index contributed by atoms with van der Waals surface area (Å²) in [6.07, 6.45) is 0. The number of alkyl halides is 1. The minimum atomic E-state index is 0.109. The Kier molecular flexibility index (Phi) is 14.3. The number of benzene rings is 2. The van der Waals surface area contributed by atoms with Crippen LogP contribution in [0.5, 0.6) is 0 Å². The smallest absolute Gasteiger partial charge is 0.176 e. The molecule has 2 fully saturated rings. The molecule has 0 radical (unpaired) electrons. The molecule has 1 N–H and O–H groups in total. The Bertz CT molecular complexity index is 826. The van der Waals surface area contributed by atoms with Gasteiger partial charge in [-0.3, -0.25) is 14.5 Å². The zero-order chi connectivity index (χ0) is 23.9. The molecule has 0 unspecified atom stereocenters. The van der Waals surface area contributed by atoms with Gasteiger partial charge in [0.2, 0.25) is 0 Å². The highest BCUT2D eigenvalue weighted by molar-refractivity contribution is 9.10. The minimum absolute atomic E-state index is 0.109. The van der Waals surface area contributed by atoms with Gasteiger partial charge in [0.15, 0.2) is 11.6 Å². The molecule has 9 heteroatoms. The number of rotatable bonds is 5. The first-order chi connectivity index (χ1) is 16.0. The van der Waals surface area contributed by atoms with Crippen LogP contribution in [0.15, 0.2) is 57.5 Å². The van der Waals surface area contributed by atoms with Crippen LogP contribution in [0, 0.1) is 0 Å². The van der Waals surface area contributed by atoms with Gasteiger partial charge in [-0.1, -0.05) is 72.1 Å². The van der Waals surface area contributed by atoms with Gasteiger partial charge < -0.3 is 14.8 Å². The molecule has 0 spiro atoms. The SMILES string of the molecule is C1COCCN1.O=C(CBr)c1ccc(Br)cc1.O=C(CN1CCOCC1)c1ccc(Br)cc1. The molecule has 0 amide bonds. The number of nitrogens with one attached hydrogen (secondary N) is 1. The number of ether oxygens (including phenoxy) is 2. The summed E-state index contributed by atoms with van der Waals surface area (Å²) in [5, 5.41) is 3.54. The van der Waals surface area contributed by atoms with E-state index in [0.717, 1.165) is 72.7 Å². The van der Waals surface area contributed by atoms with Crippen molar-refractivity contribution in [1.29, 1.82) is 0 Å². The van der Waals surface area contributed by atoms with Crippen molar-refractivity contribution < 1.29 is 19.1 Å². The summed E-state index contributed by atoms with van der Waals surface area (Å²) in [6, 6.07) is 14.8. The predicted octanol–water partition coefficient (Wildman–Crippen LogP) is 4.60. The summed E-state index contributed by atoms with van der Waals surface area (Å²) in [4.78, 5) is 25.1. The lowest BCUT2D eigenvalue weighted by Crippen LogP contribution is -2.39. The molecule has 0 saturated carbocycles. The Morgan fingerprint density at radius 3 is 1.61 bits per heavy atom. The number of ketones is 2. The van der Waals surface area contributed by atoms with E-state index in [0.29, 0.717) is 11.9 Å². The third-order valence-electron chi connectivity index (χ3n) is 4.77. The highest BCUT2D eigenvalue weighted by atomic mass is 79.9. The minimum Gasteiger partial charge on any atom is -0.379 e. The van der Waals surface area contributed by atoms with Crippen molar-refractivity contribution in [3.63, 3.8) is 0 Å². The van der Waals surface area contributed by atoms with Crippen LogP contribution in [0.2, 0.25) is 0 Å². The van der Waals surface area contributed by atoms with Gasteiger partial charge in [0.05, 0.1) is 38.3 Å². The Labute approximate surface area is 220 Å². The van der Waals surface area contributed by atoms with Crippen LogP contribution in [0.4, 0.5) is 0 Å². The normalized spacial score (nSPS) is 16.0. The maximum atomic E-state index is 11.9. The molecule has 0 aliphatic carbocycles. The van der Waals surface area contributed by atoms with Crippen LogP contribution in [0.1, 0.15) is 20.7 Å². The molecule has 2 aliphatic rings. The van der Waals surface area contributed by atoms with E-state index in [-0.39, 0.29) is 11.6 Å². The Morgan fingerprint density at radius 2 is 1.21 bits per heavy atom. The van der Waals surface area contributed by atoms with Crippen molar-refractivity contribution in [2.24, 2.45) is 0 Å². The molecule has 33 heavy (non-hydrogen) atoms. The average Bonchev–Trinajstić information content (AvgIpc) is 2.87. The van der Waals surface area contributed by atoms with E-state index < -0.39 is 0 Å². The van der Waals surface area contributed by atoms with E-state index in [4.69, 9.17) is 9.47 Å². The molecular formula is C24H29Br3N2O4. The zero-order valence-corrected chi connectivity index (χ0v) is 23.2. The van der Waals surface area contributed by atoms with Crippen LogP contribution >= 0.6 is 47.8 Å². The zero-order valence-electron chi connectivity index (χ0n) is 18.4. The maximum Gasteiger partial charge on any atom is 0.176 e. The molecule has 2 saturated heterocycles. The Morgan fingerprint density at radius 1 is 0.758 bits per heavy atom. The summed E-state index contributed by atoms with van der Waals surface area (Å²) < 4.78 is 12.2. The molecule has 4 rings (SSSR count). The fourth-order valence-corrected chi connectivity index (χ4v) is 3.77.